The third-order valence-corrected chi connectivity index (χ3v) is 7.73. The molecule has 9 heteroatoms. The Kier molecular flexibility index (Phi) is 7.93. The van der Waals surface area contributed by atoms with Gasteiger partial charge in [0, 0.05) is 66.8 Å². The average molecular weight is 533 g/mol. The van der Waals surface area contributed by atoms with E-state index in [0.29, 0.717) is 24.1 Å². The minimum absolute atomic E-state index is 0.191. The molecule has 0 aromatic carbocycles. The first-order valence-electron chi connectivity index (χ1n) is 9.39. The highest BCUT2D eigenvalue weighted by atomic mass is 127. The second-order valence-corrected chi connectivity index (χ2v) is 9.79. The van der Waals surface area contributed by atoms with Gasteiger partial charge < -0.3 is 10.1 Å². The molecule has 152 valence electrons. The Balaban J connectivity index is 1.79. The molecule has 2 heterocycles. The summed E-state index contributed by atoms with van der Waals surface area (Å²) in [5, 5.41) is 4.74. The molecule has 2 aromatic heterocycles. The van der Waals surface area contributed by atoms with E-state index in [1.807, 2.05) is 16.2 Å². The SMILES string of the molecule is CCOC(=O)c1cnc2c(ccn2SI)c1NC1CCC(CSC(C)=O)CC1. The predicted octanol–water partition coefficient (Wildman–Crippen LogP) is 5.31. The highest BCUT2D eigenvalue weighted by Crippen LogP contribution is 2.34. The van der Waals surface area contributed by atoms with Gasteiger partial charge in [-0.2, -0.15) is 0 Å². The second kappa shape index (κ2) is 10.2. The molecule has 6 nitrogen and oxygen atoms in total. The van der Waals surface area contributed by atoms with Gasteiger partial charge >= 0.3 is 5.97 Å². The molecule has 1 N–H and O–H groups in total. The van der Waals surface area contributed by atoms with Crippen LogP contribution in [0, 0.1) is 5.92 Å². The first-order chi connectivity index (χ1) is 13.5. The number of hydrogen-bond acceptors (Lipinski definition) is 7. The van der Waals surface area contributed by atoms with Crippen molar-refractivity contribution in [1.82, 2.24) is 8.96 Å². The van der Waals surface area contributed by atoms with E-state index in [9.17, 15) is 9.59 Å². The van der Waals surface area contributed by atoms with Gasteiger partial charge in [0.05, 0.1) is 12.3 Å². The van der Waals surface area contributed by atoms with Gasteiger partial charge in [-0.1, -0.05) is 11.8 Å². The van der Waals surface area contributed by atoms with Gasteiger partial charge in [0.2, 0.25) is 0 Å². The Morgan fingerprint density at radius 1 is 1.36 bits per heavy atom. The molecule has 0 bridgehead atoms. The highest BCUT2D eigenvalue weighted by molar-refractivity contribution is 14.2. The standard InChI is InChI=1S/C19H24IN3O3S2/c1-3-26-19(25)16-10-21-18-15(8-9-23(18)28-20)17(16)22-14-6-4-13(5-7-14)11-27-12(2)24/h8-10,13-14H,3-7,11H2,1-2H3,(H,21,22). The largest absolute Gasteiger partial charge is 0.462 e. The molecule has 0 unspecified atom stereocenters. The van der Waals surface area contributed by atoms with Crippen molar-refractivity contribution in [3.63, 3.8) is 0 Å². The zero-order chi connectivity index (χ0) is 20.1. The number of carbonyl (C=O) groups is 2. The van der Waals surface area contributed by atoms with Crippen LogP contribution in [0.5, 0.6) is 0 Å². The first kappa shape index (κ1) is 21.8. The number of nitrogens with one attached hydrogen (secondary N) is 1. The zero-order valence-corrected chi connectivity index (χ0v) is 19.7. The molecule has 0 saturated heterocycles. The maximum atomic E-state index is 12.5. The Hall–Kier alpha value is -0.940. The van der Waals surface area contributed by atoms with Crippen molar-refractivity contribution in [3.05, 3.63) is 24.0 Å². The molecule has 1 saturated carbocycles. The van der Waals surface area contributed by atoms with Crippen LogP contribution < -0.4 is 5.32 Å². The summed E-state index contributed by atoms with van der Waals surface area (Å²) < 4.78 is 7.22. The van der Waals surface area contributed by atoms with Gasteiger partial charge in [-0.15, -0.1) is 0 Å². The van der Waals surface area contributed by atoms with Crippen molar-refractivity contribution >= 4 is 69.9 Å². The van der Waals surface area contributed by atoms with Crippen molar-refractivity contribution in [2.75, 3.05) is 17.7 Å². The molecule has 0 aliphatic heterocycles. The number of pyridine rings is 1. The van der Waals surface area contributed by atoms with Gasteiger partial charge in [-0.25, -0.2) is 9.78 Å². The minimum Gasteiger partial charge on any atom is -0.462 e. The zero-order valence-electron chi connectivity index (χ0n) is 15.9. The lowest BCUT2D eigenvalue weighted by Crippen LogP contribution is -2.28. The maximum absolute atomic E-state index is 12.5. The van der Waals surface area contributed by atoms with E-state index < -0.39 is 0 Å². The normalized spacial score (nSPS) is 19.5. The summed E-state index contributed by atoms with van der Waals surface area (Å²) in [5.74, 6) is 1.15. The lowest BCUT2D eigenvalue weighted by Gasteiger charge is -2.30. The smallest absolute Gasteiger partial charge is 0.341 e. The summed E-state index contributed by atoms with van der Waals surface area (Å²) in [6.07, 6.45) is 7.80. The Labute approximate surface area is 185 Å². The van der Waals surface area contributed by atoms with Crippen LogP contribution in [0.1, 0.15) is 49.9 Å². The van der Waals surface area contributed by atoms with Crippen LogP contribution >= 0.6 is 42.1 Å². The lowest BCUT2D eigenvalue weighted by atomic mass is 9.87. The third-order valence-electron chi connectivity index (χ3n) is 4.97. The molecule has 1 aliphatic carbocycles. The van der Waals surface area contributed by atoms with Gasteiger partial charge in [-0.05, 0) is 44.6 Å². The van der Waals surface area contributed by atoms with Crippen LogP contribution in [-0.4, -0.2) is 38.4 Å². The topological polar surface area (TPSA) is 73.2 Å². The number of ether oxygens (including phenoxy) is 1. The van der Waals surface area contributed by atoms with E-state index in [4.69, 9.17) is 4.74 Å². The van der Waals surface area contributed by atoms with Crippen molar-refractivity contribution in [1.29, 1.82) is 0 Å². The van der Waals surface area contributed by atoms with Crippen LogP contribution in [0.3, 0.4) is 0 Å². The molecular formula is C19H24IN3O3S2. The molecule has 0 atom stereocenters. The quantitative estimate of drug-likeness (QED) is 0.382. The van der Waals surface area contributed by atoms with Crippen LogP contribution in [-0.2, 0) is 9.53 Å². The summed E-state index contributed by atoms with van der Waals surface area (Å²) in [7, 11) is 1.54. The van der Waals surface area contributed by atoms with Crippen molar-refractivity contribution in [2.24, 2.45) is 5.92 Å². The maximum Gasteiger partial charge on any atom is 0.341 e. The molecule has 0 spiro atoms. The summed E-state index contributed by atoms with van der Waals surface area (Å²) in [6, 6.07) is 2.29. The Morgan fingerprint density at radius 2 is 2.11 bits per heavy atom. The Morgan fingerprint density at radius 3 is 2.75 bits per heavy atom. The van der Waals surface area contributed by atoms with Gasteiger partial charge in [0.1, 0.15) is 5.56 Å². The number of aromatic nitrogens is 2. The number of halogens is 1. The predicted molar refractivity (Wildman–Crippen MR) is 125 cm³/mol. The number of rotatable bonds is 7. The molecule has 1 aliphatic rings. The fourth-order valence-corrected chi connectivity index (χ4v) is 5.63. The molecule has 2 aromatic rings. The molecule has 1 fully saturated rings. The van der Waals surface area contributed by atoms with E-state index in [1.165, 1.54) is 11.8 Å². The Bertz CT molecular complexity index is 850. The summed E-state index contributed by atoms with van der Waals surface area (Å²) in [5.41, 5.74) is 2.13. The second-order valence-electron chi connectivity index (χ2n) is 6.88. The van der Waals surface area contributed by atoms with Crippen molar-refractivity contribution in [3.8, 4) is 0 Å². The summed E-state index contributed by atoms with van der Waals surface area (Å²) in [4.78, 5) is 28.2. The molecule has 28 heavy (non-hydrogen) atoms. The van der Waals surface area contributed by atoms with Crippen molar-refractivity contribution in [2.45, 2.75) is 45.6 Å². The number of nitrogens with zero attached hydrogens (tertiary/aromatic N) is 2. The van der Waals surface area contributed by atoms with Crippen LogP contribution in [0.4, 0.5) is 5.69 Å². The van der Waals surface area contributed by atoms with E-state index in [-0.39, 0.29) is 11.1 Å². The number of anilines is 1. The number of thioether (sulfide) groups is 1. The fraction of sp³-hybridized carbons (Fsp3) is 0.526. The molecule has 3 rings (SSSR count). The number of carbonyl (C=O) groups excluding carboxylic acids is 2. The number of hydrogen-bond donors (Lipinski definition) is 1. The lowest BCUT2D eigenvalue weighted by molar-refractivity contribution is -0.109. The molecular weight excluding hydrogens is 509 g/mol. The number of esters is 1. The van der Waals surface area contributed by atoms with E-state index in [0.717, 1.165) is 48.2 Å². The molecule has 0 amide bonds. The third kappa shape index (κ3) is 5.15. The molecule has 0 radical (unpaired) electrons. The average Bonchev–Trinajstić information content (AvgIpc) is 3.11. The van der Waals surface area contributed by atoms with Gasteiger partial charge in [0.15, 0.2) is 10.8 Å². The summed E-state index contributed by atoms with van der Waals surface area (Å²) >= 11 is 3.64. The van der Waals surface area contributed by atoms with E-state index in [1.54, 1.807) is 29.2 Å². The van der Waals surface area contributed by atoms with Crippen LogP contribution in [0.2, 0.25) is 0 Å². The van der Waals surface area contributed by atoms with Crippen LogP contribution in [0.15, 0.2) is 18.5 Å². The van der Waals surface area contributed by atoms with Crippen molar-refractivity contribution < 1.29 is 14.3 Å². The van der Waals surface area contributed by atoms with E-state index >= 15 is 0 Å². The monoisotopic (exact) mass is 533 g/mol. The first-order valence-corrected chi connectivity index (χ1v) is 13.7. The van der Waals surface area contributed by atoms with E-state index in [2.05, 4.69) is 31.5 Å². The fourth-order valence-electron chi connectivity index (χ4n) is 3.55. The van der Waals surface area contributed by atoms with Gasteiger partial charge in [0.25, 0.3) is 0 Å². The number of fused-ring (bicyclic) bond motifs is 1. The van der Waals surface area contributed by atoms with Crippen LogP contribution in [0.25, 0.3) is 11.0 Å². The highest BCUT2D eigenvalue weighted by Gasteiger charge is 2.25. The van der Waals surface area contributed by atoms with Gasteiger partial charge in [-0.3, -0.25) is 8.77 Å². The summed E-state index contributed by atoms with van der Waals surface area (Å²) in [6.45, 7) is 3.77. The minimum atomic E-state index is -0.346.